The summed E-state index contributed by atoms with van der Waals surface area (Å²) in [6.07, 6.45) is 0.904. The minimum Gasteiger partial charge on any atom is -0.466 e. The molecule has 3 aromatic rings. The Labute approximate surface area is 114 Å². The number of anilines is 1. The summed E-state index contributed by atoms with van der Waals surface area (Å²) in [6.45, 7) is 1.88. The Kier molecular flexibility index (Phi) is 3.20. The van der Waals surface area contributed by atoms with Gasteiger partial charge >= 0.3 is 0 Å². The van der Waals surface area contributed by atoms with Crippen LogP contribution in [0.4, 0.5) is 5.69 Å². The van der Waals surface area contributed by atoms with Crippen LogP contribution in [0.1, 0.15) is 17.9 Å². The average molecular weight is 271 g/mol. The van der Waals surface area contributed by atoms with Crippen molar-refractivity contribution < 1.29 is 13.8 Å². The van der Waals surface area contributed by atoms with Crippen LogP contribution in [0.5, 0.6) is 0 Å². The van der Waals surface area contributed by atoms with Gasteiger partial charge in [0, 0.05) is 12.8 Å². The van der Waals surface area contributed by atoms with E-state index in [0.717, 1.165) is 11.5 Å². The molecule has 1 aromatic carbocycles. The zero-order chi connectivity index (χ0) is 13.9. The first kappa shape index (κ1) is 12.4. The third-order valence-electron chi connectivity index (χ3n) is 2.95. The summed E-state index contributed by atoms with van der Waals surface area (Å²) in [5.41, 5.74) is 1.77. The summed E-state index contributed by atoms with van der Waals surface area (Å²) in [7, 11) is 0. The van der Waals surface area contributed by atoms with Crippen LogP contribution in [0, 0.1) is 6.92 Å². The minimum absolute atomic E-state index is 0.102. The number of carbonyl (C=O) groups is 1. The smallest absolute Gasteiger partial charge is 0.224 e. The normalized spacial score (nSPS) is 10.8. The second-order valence-corrected chi connectivity index (χ2v) is 4.50. The summed E-state index contributed by atoms with van der Waals surface area (Å²) in [4.78, 5) is 11.9. The standard InChI is InChI=1S/C14H13N3O3/c1-9-5-6-10(19-9)7-8-13(18)15-11-3-2-4-12-14(11)17-20-16-12/h2-6H,7-8H2,1H3,(H,15,18). The van der Waals surface area contributed by atoms with Gasteiger partial charge in [-0.2, -0.15) is 0 Å². The first-order chi connectivity index (χ1) is 9.72. The quantitative estimate of drug-likeness (QED) is 0.789. The average Bonchev–Trinajstić information content (AvgIpc) is 3.05. The van der Waals surface area contributed by atoms with Crippen LogP contribution < -0.4 is 5.32 Å². The first-order valence-electron chi connectivity index (χ1n) is 6.29. The van der Waals surface area contributed by atoms with Gasteiger partial charge in [-0.3, -0.25) is 4.79 Å². The van der Waals surface area contributed by atoms with E-state index in [-0.39, 0.29) is 5.91 Å². The van der Waals surface area contributed by atoms with E-state index in [1.54, 1.807) is 18.2 Å². The van der Waals surface area contributed by atoms with Gasteiger partial charge in [0.1, 0.15) is 17.0 Å². The van der Waals surface area contributed by atoms with Gasteiger partial charge in [-0.25, -0.2) is 4.63 Å². The molecule has 0 fully saturated rings. The second-order valence-electron chi connectivity index (χ2n) is 4.50. The van der Waals surface area contributed by atoms with Gasteiger partial charge in [-0.05, 0) is 41.5 Å². The lowest BCUT2D eigenvalue weighted by atomic mass is 10.2. The molecule has 20 heavy (non-hydrogen) atoms. The zero-order valence-corrected chi connectivity index (χ0v) is 10.9. The summed E-state index contributed by atoms with van der Waals surface area (Å²) < 4.78 is 10.1. The van der Waals surface area contributed by atoms with E-state index in [0.29, 0.717) is 29.6 Å². The van der Waals surface area contributed by atoms with Crippen LogP contribution >= 0.6 is 0 Å². The van der Waals surface area contributed by atoms with Crippen LogP contribution in [0.2, 0.25) is 0 Å². The SMILES string of the molecule is Cc1ccc(CCC(=O)Nc2cccc3nonc23)o1. The van der Waals surface area contributed by atoms with E-state index in [1.807, 2.05) is 19.1 Å². The minimum atomic E-state index is -0.102. The molecule has 0 bridgehead atoms. The highest BCUT2D eigenvalue weighted by molar-refractivity contribution is 5.98. The van der Waals surface area contributed by atoms with Gasteiger partial charge in [0.2, 0.25) is 5.91 Å². The lowest BCUT2D eigenvalue weighted by Crippen LogP contribution is -2.12. The number of nitrogens with one attached hydrogen (secondary N) is 1. The molecule has 0 spiro atoms. The van der Waals surface area contributed by atoms with Crippen LogP contribution in [-0.2, 0) is 11.2 Å². The van der Waals surface area contributed by atoms with E-state index in [1.165, 1.54) is 0 Å². The van der Waals surface area contributed by atoms with Crippen molar-refractivity contribution in [2.75, 3.05) is 5.32 Å². The maximum absolute atomic E-state index is 11.9. The molecule has 0 atom stereocenters. The molecular weight excluding hydrogens is 258 g/mol. The van der Waals surface area contributed by atoms with Crippen LogP contribution in [-0.4, -0.2) is 16.2 Å². The number of hydrogen-bond acceptors (Lipinski definition) is 5. The molecule has 0 unspecified atom stereocenters. The Balaban J connectivity index is 1.65. The number of amides is 1. The number of furan rings is 1. The van der Waals surface area contributed by atoms with Crippen molar-refractivity contribution in [1.82, 2.24) is 10.3 Å². The van der Waals surface area contributed by atoms with Gasteiger partial charge in [0.05, 0.1) is 5.69 Å². The Hall–Kier alpha value is -2.63. The summed E-state index contributed by atoms with van der Waals surface area (Å²) in [5.74, 6) is 1.55. The van der Waals surface area contributed by atoms with E-state index in [2.05, 4.69) is 20.3 Å². The van der Waals surface area contributed by atoms with Gasteiger partial charge in [0.25, 0.3) is 0 Å². The summed E-state index contributed by atoms with van der Waals surface area (Å²) in [5, 5.41) is 10.3. The van der Waals surface area contributed by atoms with Crippen molar-refractivity contribution in [3.8, 4) is 0 Å². The van der Waals surface area contributed by atoms with E-state index in [4.69, 9.17) is 4.42 Å². The molecule has 0 aliphatic heterocycles. The molecule has 3 rings (SSSR count). The largest absolute Gasteiger partial charge is 0.466 e. The lowest BCUT2D eigenvalue weighted by molar-refractivity contribution is -0.116. The molecule has 2 heterocycles. The molecule has 2 aromatic heterocycles. The maximum Gasteiger partial charge on any atom is 0.224 e. The zero-order valence-electron chi connectivity index (χ0n) is 10.9. The molecule has 0 saturated heterocycles. The van der Waals surface area contributed by atoms with Gasteiger partial charge in [0.15, 0.2) is 5.52 Å². The summed E-state index contributed by atoms with van der Waals surface area (Å²) >= 11 is 0. The fourth-order valence-corrected chi connectivity index (χ4v) is 1.98. The molecule has 6 heteroatoms. The Morgan fingerprint density at radius 1 is 1.25 bits per heavy atom. The molecule has 1 amide bonds. The van der Waals surface area contributed by atoms with Crippen LogP contribution in [0.3, 0.4) is 0 Å². The Morgan fingerprint density at radius 2 is 2.15 bits per heavy atom. The monoisotopic (exact) mass is 271 g/mol. The molecule has 0 aliphatic rings. The second kappa shape index (κ2) is 5.16. The van der Waals surface area contributed by atoms with Crippen molar-refractivity contribution in [3.05, 3.63) is 41.9 Å². The third-order valence-corrected chi connectivity index (χ3v) is 2.95. The Bertz CT molecular complexity index is 745. The van der Waals surface area contributed by atoms with Crippen molar-refractivity contribution in [2.45, 2.75) is 19.8 Å². The molecule has 6 nitrogen and oxygen atoms in total. The van der Waals surface area contributed by atoms with E-state index in [9.17, 15) is 4.79 Å². The first-order valence-corrected chi connectivity index (χ1v) is 6.29. The highest BCUT2D eigenvalue weighted by Gasteiger charge is 2.10. The van der Waals surface area contributed by atoms with Crippen molar-refractivity contribution in [3.63, 3.8) is 0 Å². The fourth-order valence-electron chi connectivity index (χ4n) is 1.98. The number of hydrogen-bond donors (Lipinski definition) is 1. The van der Waals surface area contributed by atoms with Crippen molar-refractivity contribution in [2.24, 2.45) is 0 Å². The van der Waals surface area contributed by atoms with Crippen LogP contribution in [0.15, 0.2) is 39.4 Å². The number of benzene rings is 1. The molecule has 0 saturated carbocycles. The summed E-state index contributed by atoms with van der Waals surface area (Å²) in [6, 6.07) is 9.09. The molecular formula is C14H13N3O3. The number of aromatic nitrogens is 2. The topological polar surface area (TPSA) is 81.2 Å². The van der Waals surface area contributed by atoms with Gasteiger partial charge in [-0.15, -0.1) is 0 Å². The number of carbonyl (C=O) groups excluding carboxylic acids is 1. The highest BCUT2D eigenvalue weighted by Crippen LogP contribution is 2.20. The van der Waals surface area contributed by atoms with Crippen LogP contribution in [0.25, 0.3) is 11.0 Å². The molecule has 0 radical (unpaired) electrons. The predicted molar refractivity (Wildman–Crippen MR) is 72.2 cm³/mol. The van der Waals surface area contributed by atoms with Crippen molar-refractivity contribution >= 4 is 22.6 Å². The molecule has 102 valence electrons. The number of nitrogens with zero attached hydrogens (tertiary/aromatic N) is 2. The number of rotatable bonds is 4. The molecule has 1 N–H and O–H groups in total. The van der Waals surface area contributed by atoms with E-state index < -0.39 is 0 Å². The predicted octanol–water partition coefficient (Wildman–Crippen LogP) is 2.70. The molecule has 0 aliphatic carbocycles. The van der Waals surface area contributed by atoms with Crippen molar-refractivity contribution in [1.29, 1.82) is 0 Å². The Morgan fingerprint density at radius 3 is 2.95 bits per heavy atom. The fraction of sp³-hybridized carbons (Fsp3) is 0.214. The third kappa shape index (κ3) is 2.54. The number of aryl methyl sites for hydroxylation is 2. The van der Waals surface area contributed by atoms with E-state index >= 15 is 0 Å². The lowest BCUT2D eigenvalue weighted by Gasteiger charge is -2.04. The number of fused-ring (bicyclic) bond motifs is 1. The maximum atomic E-state index is 11.9. The van der Waals surface area contributed by atoms with Gasteiger partial charge in [-0.1, -0.05) is 6.07 Å². The highest BCUT2D eigenvalue weighted by atomic mass is 16.6. The van der Waals surface area contributed by atoms with Gasteiger partial charge < -0.3 is 9.73 Å².